The van der Waals surface area contributed by atoms with Crippen molar-refractivity contribution >= 4 is 41.6 Å². The standard InChI is InChI=1S/C51H64O16/c1-7-8-9-10-11-12-13-37-14-16-38(17-15-37)30-63-42-21-18-39(19-22-42)40-20-23-44(41(26-40)31-62-25-24-43(52)36(2)3)64-32-51(33-65-48(56)27-45(53)59-4,34-66-49(57)28-46(54)60-5)35-67-50(58)29-47(55)61-6/h14-23,26H,2,7-13,24-25,27-35H2,1,3-6H3. The number of benzene rings is 3. The molecule has 0 aromatic heterocycles. The van der Waals surface area contributed by atoms with E-state index >= 15 is 0 Å². The van der Waals surface area contributed by atoms with Gasteiger partial charge in [0.15, 0.2) is 5.78 Å². The van der Waals surface area contributed by atoms with Crippen LogP contribution in [0.25, 0.3) is 11.1 Å². The van der Waals surface area contributed by atoms with Gasteiger partial charge in [0.2, 0.25) is 0 Å². The Morgan fingerprint density at radius 2 is 1.06 bits per heavy atom. The summed E-state index contributed by atoms with van der Waals surface area (Å²) in [5.41, 5.74) is 3.19. The van der Waals surface area contributed by atoms with Gasteiger partial charge >= 0.3 is 35.8 Å². The van der Waals surface area contributed by atoms with Crippen LogP contribution in [0.3, 0.4) is 0 Å². The fourth-order valence-corrected chi connectivity index (χ4v) is 6.30. The lowest BCUT2D eigenvalue weighted by Crippen LogP contribution is -2.44. The Bertz CT molecular complexity index is 2010. The minimum absolute atomic E-state index is 0.0328. The summed E-state index contributed by atoms with van der Waals surface area (Å²) in [6.07, 6.45) is 6.40. The van der Waals surface area contributed by atoms with Gasteiger partial charge in [-0.25, -0.2) is 0 Å². The topological polar surface area (TPSA) is 203 Å². The average Bonchev–Trinajstić information content (AvgIpc) is 3.33. The molecule has 0 aliphatic rings. The molecule has 3 rings (SSSR count). The Balaban J connectivity index is 1.88. The van der Waals surface area contributed by atoms with Crippen LogP contribution in [0.2, 0.25) is 0 Å². The van der Waals surface area contributed by atoms with E-state index in [9.17, 15) is 33.6 Å². The van der Waals surface area contributed by atoms with E-state index in [1.54, 1.807) is 19.1 Å². The zero-order chi connectivity index (χ0) is 49.0. The predicted octanol–water partition coefficient (Wildman–Crippen LogP) is 7.57. The first kappa shape index (κ1) is 54.8. The first-order valence-electron chi connectivity index (χ1n) is 22.2. The van der Waals surface area contributed by atoms with Crippen molar-refractivity contribution < 1.29 is 76.2 Å². The Hall–Kier alpha value is -6.55. The van der Waals surface area contributed by atoms with Gasteiger partial charge in [0, 0.05) is 12.0 Å². The van der Waals surface area contributed by atoms with Gasteiger partial charge in [-0.2, -0.15) is 0 Å². The van der Waals surface area contributed by atoms with Gasteiger partial charge in [0.1, 0.15) is 69.2 Å². The van der Waals surface area contributed by atoms with E-state index in [4.69, 9.17) is 28.4 Å². The van der Waals surface area contributed by atoms with Crippen molar-refractivity contribution in [2.45, 2.75) is 97.7 Å². The second-order valence-corrected chi connectivity index (χ2v) is 16.0. The second-order valence-electron chi connectivity index (χ2n) is 16.0. The molecule has 0 N–H and O–H groups in total. The molecule has 0 unspecified atom stereocenters. The third kappa shape index (κ3) is 21.1. The molecule has 0 heterocycles. The first-order valence-corrected chi connectivity index (χ1v) is 22.2. The molecule has 0 saturated heterocycles. The average molecular weight is 933 g/mol. The van der Waals surface area contributed by atoms with Crippen LogP contribution in [-0.2, 0) is 86.4 Å². The summed E-state index contributed by atoms with van der Waals surface area (Å²) in [6.45, 7) is 5.55. The SMILES string of the molecule is C=C(C)C(=O)CCOCc1cc(-c2ccc(OCc3ccc(CCCCCCCC)cc3)cc2)ccc1OCC(COC(=O)CC(=O)OC)(COC(=O)CC(=O)OC)COC(=O)CC(=O)OC. The molecule has 0 radical (unpaired) electrons. The van der Waals surface area contributed by atoms with Gasteiger partial charge in [-0.3, -0.25) is 33.6 Å². The number of ether oxygens (including phenoxy) is 9. The molecular weight excluding hydrogens is 869 g/mol. The molecule has 0 spiro atoms. The quantitative estimate of drug-likeness (QED) is 0.0195. The number of aryl methyl sites for hydroxylation is 1. The number of hydrogen-bond donors (Lipinski definition) is 0. The smallest absolute Gasteiger partial charge is 0.317 e. The Kier molecular flexibility index (Phi) is 24.4. The number of methoxy groups -OCH3 is 3. The van der Waals surface area contributed by atoms with Crippen LogP contribution in [0.5, 0.6) is 11.5 Å². The monoisotopic (exact) mass is 932 g/mol. The highest BCUT2D eigenvalue weighted by Gasteiger charge is 2.38. The third-order valence-corrected chi connectivity index (χ3v) is 10.4. The number of rotatable bonds is 32. The lowest BCUT2D eigenvalue weighted by molar-refractivity contribution is -0.167. The highest BCUT2D eigenvalue weighted by Crippen LogP contribution is 2.31. The molecule has 0 saturated carbocycles. The van der Waals surface area contributed by atoms with Gasteiger partial charge in [-0.15, -0.1) is 0 Å². The molecule has 364 valence electrons. The number of unbranched alkanes of at least 4 members (excludes halogenated alkanes) is 5. The van der Waals surface area contributed by atoms with E-state index in [0.29, 0.717) is 23.5 Å². The molecule has 3 aromatic rings. The molecule has 67 heavy (non-hydrogen) atoms. The summed E-state index contributed by atoms with van der Waals surface area (Å²) in [5, 5.41) is 0. The van der Waals surface area contributed by atoms with Crippen LogP contribution < -0.4 is 9.47 Å². The number of carbonyl (C=O) groups excluding carboxylic acids is 7. The summed E-state index contributed by atoms with van der Waals surface area (Å²) in [5.74, 6) is -4.98. The zero-order valence-electron chi connectivity index (χ0n) is 39.3. The number of hydrogen-bond acceptors (Lipinski definition) is 16. The summed E-state index contributed by atoms with van der Waals surface area (Å²) < 4.78 is 48.2. The number of Topliss-reactive ketones (excluding diaryl/α,β-unsaturated/α-hetero) is 1. The molecule has 16 heteroatoms. The third-order valence-electron chi connectivity index (χ3n) is 10.4. The van der Waals surface area contributed by atoms with E-state index in [1.165, 1.54) is 44.1 Å². The van der Waals surface area contributed by atoms with Gasteiger partial charge in [0.05, 0.1) is 34.5 Å². The minimum Gasteiger partial charge on any atom is -0.492 e. The summed E-state index contributed by atoms with van der Waals surface area (Å²) >= 11 is 0. The van der Waals surface area contributed by atoms with Gasteiger partial charge in [-0.1, -0.05) is 88.1 Å². The van der Waals surface area contributed by atoms with Crippen LogP contribution >= 0.6 is 0 Å². The molecule has 0 fully saturated rings. The second kappa shape index (κ2) is 29.9. The fraction of sp³-hybridized carbons (Fsp3) is 0.471. The van der Waals surface area contributed by atoms with Crippen LogP contribution in [0.1, 0.15) is 94.7 Å². The predicted molar refractivity (Wildman–Crippen MR) is 245 cm³/mol. The maximum atomic E-state index is 12.7. The van der Waals surface area contributed by atoms with Crippen molar-refractivity contribution in [1.82, 2.24) is 0 Å². The maximum absolute atomic E-state index is 12.7. The Morgan fingerprint density at radius 3 is 1.58 bits per heavy atom. The summed E-state index contributed by atoms with van der Waals surface area (Å²) in [6, 6.07) is 21.3. The normalized spacial score (nSPS) is 10.9. The summed E-state index contributed by atoms with van der Waals surface area (Å²) in [7, 11) is 3.26. The van der Waals surface area contributed by atoms with E-state index < -0.39 is 86.9 Å². The van der Waals surface area contributed by atoms with Gasteiger partial charge in [0.25, 0.3) is 0 Å². The van der Waals surface area contributed by atoms with E-state index in [2.05, 4.69) is 52.0 Å². The largest absolute Gasteiger partial charge is 0.492 e. The van der Waals surface area contributed by atoms with Crippen LogP contribution in [0.15, 0.2) is 78.9 Å². The van der Waals surface area contributed by atoms with Crippen molar-refractivity contribution in [3.05, 3.63) is 95.6 Å². The number of esters is 6. The molecule has 0 aliphatic heterocycles. The van der Waals surface area contributed by atoms with Gasteiger partial charge in [-0.05, 0) is 71.9 Å². The van der Waals surface area contributed by atoms with E-state index in [1.807, 2.05) is 30.3 Å². The lowest BCUT2D eigenvalue weighted by atomic mass is 9.92. The Morgan fingerprint density at radius 1 is 0.552 bits per heavy atom. The van der Waals surface area contributed by atoms with Crippen LogP contribution in [0.4, 0.5) is 0 Å². The number of carbonyl (C=O) groups is 7. The van der Waals surface area contributed by atoms with Crippen molar-refractivity contribution in [3.8, 4) is 22.6 Å². The molecule has 0 aliphatic carbocycles. The van der Waals surface area contributed by atoms with E-state index in [0.717, 1.165) is 44.4 Å². The van der Waals surface area contributed by atoms with Crippen molar-refractivity contribution in [3.63, 3.8) is 0 Å². The number of ketones is 1. The molecular formula is C51H64O16. The zero-order valence-corrected chi connectivity index (χ0v) is 39.3. The minimum atomic E-state index is -1.69. The Labute approximate surface area is 392 Å². The highest BCUT2D eigenvalue weighted by molar-refractivity contribution is 5.94. The number of allylic oxidation sites excluding steroid dienone is 1. The highest BCUT2D eigenvalue weighted by atomic mass is 16.6. The van der Waals surface area contributed by atoms with Crippen molar-refractivity contribution in [1.29, 1.82) is 0 Å². The fourth-order valence-electron chi connectivity index (χ4n) is 6.30. The van der Waals surface area contributed by atoms with Crippen molar-refractivity contribution in [2.75, 3.05) is 54.4 Å². The molecule has 0 bridgehead atoms. The van der Waals surface area contributed by atoms with Crippen molar-refractivity contribution in [2.24, 2.45) is 5.41 Å². The lowest BCUT2D eigenvalue weighted by Gasteiger charge is -2.32. The maximum Gasteiger partial charge on any atom is 0.317 e. The molecule has 0 atom stereocenters. The van der Waals surface area contributed by atoms with E-state index in [-0.39, 0.29) is 31.2 Å². The molecule has 3 aromatic carbocycles. The van der Waals surface area contributed by atoms with Crippen LogP contribution in [-0.4, -0.2) is 96.0 Å². The van der Waals surface area contributed by atoms with Crippen LogP contribution in [0, 0.1) is 5.41 Å². The first-order chi connectivity index (χ1) is 32.2. The molecule has 0 amide bonds. The summed E-state index contributed by atoms with van der Waals surface area (Å²) in [4.78, 5) is 85.8. The molecule has 16 nitrogen and oxygen atoms in total. The van der Waals surface area contributed by atoms with Gasteiger partial charge < -0.3 is 42.6 Å².